The van der Waals surface area contributed by atoms with Crippen molar-refractivity contribution in [2.45, 2.75) is 56.9 Å². The van der Waals surface area contributed by atoms with E-state index >= 15 is 0 Å². The molecule has 128 valence electrons. The van der Waals surface area contributed by atoms with Gasteiger partial charge in [-0.05, 0) is 43.4 Å². The van der Waals surface area contributed by atoms with E-state index < -0.39 is 0 Å². The molecule has 5 heteroatoms. The van der Waals surface area contributed by atoms with Gasteiger partial charge in [-0.25, -0.2) is 9.37 Å². The third kappa shape index (κ3) is 3.07. The number of thiazole rings is 1. The van der Waals surface area contributed by atoms with E-state index in [1.54, 1.807) is 23.5 Å². The number of nitrogens with two attached hydrogens (primary N) is 1. The highest BCUT2D eigenvalue weighted by Crippen LogP contribution is 2.43. The number of hydrogen-bond donors (Lipinski definition) is 2. The van der Waals surface area contributed by atoms with Crippen LogP contribution in [-0.4, -0.2) is 17.6 Å². The van der Waals surface area contributed by atoms with Crippen LogP contribution in [0.2, 0.25) is 0 Å². The molecule has 2 aliphatic rings. The van der Waals surface area contributed by atoms with Gasteiger partial charge in [0.25, 0.3) is 0 Å². The average molecular weight is 345 g/mol. The number of nitrogens with zero attached hydrogens (tertiary/aromatic N) is 1. The summed E-state index contributed by atoms with van der Waals surface area (Å²) in [5.41, 5.74) is 9.11. The second-order valence-electron chi connectivity index (χ2n) is 6.98. The minimum atomic E-state index is -0.194. The van der Waals surface area contributed by atoms with Crippen LogP contribution in [0.1, 0.15) is 54.9 Å². The smallest absolute Gasteiger partial charge is 0.183 e. The molecule has 3 nitrogen and oxygen atoms in total. The maximum atomic E-state index is 13.8. The third-order valence-corrected chi connectivity index (χ3v) is 6.48. The third-order valence-electron chi connectivity index (χ3n) is 5.33. The molecule has 1 atom stereocenters. The van der Waals surface area contributed by atoms with Gasteiger partial charge in [0.1, 0.15) is 5.82 Å². The van der Waals surface area contributed by atoms with E-state index in [2.05, 4.69) is 5.32 Å². The van der Waals surface area contributed by atoms with E-state index in [0.29, 0.717) is 18.5 Å². The van der Waals surface area contributed by atoms with Gasteiger partial charge in [-0.15, -0.1) is 11.3 Å². The lowest BCUT2D eigenvalue weighted by molar-refractivity contribution is 0.462. The lowest BCUT2D eigenvalue weighted by Gasteiger charge is -2.22. The van der Waals surface area contributed by atoms with Crippen molar-refractivity contribution in [1.82, 2.24) is 4.98 Å². The molecular formula is C19H24FN3S. The summed E-state index contributed by atoms with van der Waals surface area (Å²) >= 11 is 1.72. The van der Waals surface area contributed by atoms with E-state index in [0.717, 1.165) is 29.2 Å². The molecule has 0 amide bonds. The Morgan fingerprint density at radius 3 is 2.83 bits per heavy atom. The fourth-order valence-corrected chi connectivity index (χ4v) is 5.16. The Balaban J connectivity index is 1.71. The van der Waals surface area contributed by atoms with Crippen molar-refractivity contribution >= 4 is 16.5 Å². The molecule has 3 N–H and O–H groups in total. The number of anilines is 1. The number of rotatable bonds is 3. The van der Waals surface area contributed by atoms with Gasteiger partial charge in [0.05, 0.1) is 5.69 Å². The molecule has 1 fully saturated rings. The fraction of sp³-hybridized carbons (Fsp3) is 0.526. The first-order chi connectivity index (χ1) is 11.7. The normalized spacial score (nSPS) is 21.0. The van der Waals surface area contributed by atoms with Crippen LogP contribution in [0.4, 0.5) is 9.52 Å². The predicted octanol–water partition coefficient (Wildman–Crippen LogP) is 4.68. The molecule has 2 aliphatic carbocycles. The van der Waals surface area contributed by atoms with Gasteiger partial charge in [0, 0.05) is 28.9 Å². The van der Waals surface area contributed by atoms with Crippen molar-refractivity contribution < 1.29 is 4.39 Å². The molecule has 0 saturated heterocycles. The van der Waals surface area contributed by atoms with E-state index in [4.69, 9.17) is 10.7 Å². The van der Waals surface area contributed by atoms with Gasteiger partial charge in [-0.3, -0.25) is 0 Å². The molecule has 1 unspecified atom stereocenters. The molecule has 0 aliphatic heterocycles. The zero-order valence-electron chi connectivity index (χ0n) is 13.9. The van der Waals surface area contributed by atoms with Crippen LogP contribution in [0.15, 0.2) is 18.2 Å². The molecular weight excluding hydrogens is 321 g/mol. The van der Waals surface area contributed by atoms with Crippen molar-refractivity contribution in [1.29, 1.82) is 0 Å². The Morgan fingerprint density at radius 1 is 1.21 bits per heavy atom. The first-order valence-electron chi connectivity index (χ1n) is 9.00. The van der Waals surface area contributed by atoms with Crippen LogP contribution in [0.25, 0.3) is 11.3 Å². The summed E-state index contributed by atoms with van der Waals surface area (Å²) in [7, 11) is 0. The van der Waals surface area contributed by atoms with Crippen LogP contribution < -0.4 is 11.1 Å². The summed E-state index contributed by atoms with van der Waals surface area (Å²) in [5.74, 6) is 0.121. The van der Waals surface area contributed by atoms with Crippen LogP contribution in [0, 0.1) is 5.82 Å². The van der Waals surface area contributed by atoms with Crippen LogP contribution in [0.5, 0.6) is 0 Å². The van der Waals surface area contributed by atoms with E-state index in [1.165, 1.54) is 42.5 Å². The molecule has 1 heterocycles. The molecule has 1 aromatic carbocycles. The summed E-state index contributed by atoms with van der Waals surface area (Å²) in [5, 5.41) is 4.60. The minimum Gasteiger partial charge on any atom is -0.359 e. The van der Waals surface area contributed by atoms with Gasteiger partial charge in [-0.2, -0.15) is 0 Å². The van der Waals surface area contributed by atoms with E-state index in [1.807, 2.05) is 6.07 Å². The van der Waals surface area contributed by atoms with Gasteiger partial charge in [0.15, 0.2) is 5.13 Å². The summed E-state index contributed by atoms with van der Waals surface area (Å²) in [6.45, 7) is 0.620. The lowest BCUT2D eigenvalue weighted by Crippen LogP contribution is -2.22. The highest BCUT2D eigenvalue weighted by Gasteiger charge is 2.27. The highest BCUT2D eigenvalue weighted by atomic mass is 32.1. The Kier molecular flexibility index (Phi) is 4.55. The van der Waals surface area contributed by atoms with E-state index in [9.17, 15) is 4.39 Å². The molecule has 0 bridgehead atoms. The first kappa shape index (κ1) is 16.0. The van der Waals surface area contributed by atoms with Gasteiger partial charge >= 0.3 is 0 Å². The number of benzene rings is 1. The number of nitrogens with one attached hydrogen (secondary N) is 1. The van der Waals surface area contributed by atoms with E-state index in [-0.39, 0.29) is 5.82 Å². The summed E-state index contributed by atoms with van der Waals surface area (Å²) in [6, 6.07) is 5.62. The largest absolute Gasteiger partial charge is 0.359 e. The number of fused-ring (bicyclic) bond motifs is 3. The maximum absolute atomic E-state index is 13.8. The van der Waals surface area contributed by atoms with Crippen molar-refractivity contribution in [2.75, 3.05) is 11.9 Å². The van der Waals surface area contributed by atoms with Crippen molar-refractivity contribution in [3.8, 4) is 11.3 Å². The SMILES string of the molecule is NCC1CCc2ccc(F)cc2-c2nc(NC3CCCCC3)sc21. The Hall–Kier alpha value is -1.46. The summed E-state index contributed by atoms with van der Waals surface area (Å²) in [6.07, 6.45) is 8.31. The zero-order chi connectivity index (χ0) is 16.5. The zero-order valence-corrected chi connectivity index (χ0v) is 14.7. The standard InChI is InChI=1S/C19H24FN3S/c20-14-9-8-12-6-7-13(11-21)18-17(16(12)10-14)23-19(24-18)22-15-4-2-1-3-5-15/h8-10,13,15H,1-7,11,21H2,(H,22,23). The van der Waals surface area contributed by atoms with Gasteiger partial charge in [0.2, 0.25) is 0 Å². The molecule has 4 rings (SSSR count). The second-order valence-corrected chi connectivity index (χ2v) is 8.01. The van der Waals surface area contributed by atoms with Crippen LogP contribution in [-0.2, 0) is 6.42 Å². The Morgan fingerprint density at radius 2 is 2.04 bits per heavy atom. The highest BCUT2D eigenvalue weighted by molar-refractivity contribution is 7.16. The maximum Gasteiger partial charge on any atom is 0.183 e. The average Bonchev–Trinajstić information content (AvgIpc) is 2.95. The topological polar surface area (TPSA) is 50.9 Å². The van der Waals surface area contributed by atoms with Crippen molar-refractivity contribution in [3.63, 3.8) is 0 Å². The number of halogens is 1. The van der Waals surface area contributed by atoms with Crippen molar-refractivity contribution in [2.24, 2.45) is 5.73 Å². The molecule has 0 radical (unpaired) electrons. The first-order valence-corrected chi connectivity index (χ1v) is 9.82. The predicted molar refractivity (Wildman–Crippen MR) is 98.1 cm³/mol. The molecule has 0 spiro atoms. The minimum absolute atomic E-state index is 0.194. The fourth-order valence-electron chi connectivity index (χ4n) is 3.96. The van der Waals surface area contributed by atoms with Crippen LogP contribution in [0.3, 0.4) is 0 Å². The number of aryl methyl sites for hydroxylation is 1. The van der Waals surface area contributed by atoms with Gasteiger partial charge in [-0.1, -0.05) is 25.3 Å². The van der Waals surface area contributed by atoms with Crippen LogP contribution >= 0.6 is 11.3 Å². The number of hydrogen-bond acceptors (Lipinski definition) is 4. The Labute approximate surface area is 146 Å². The molecule has 1 aromatic heterocycles. The molecule has 24 heavy (non-hydrogen) atoms. The van der Waals surface area contributed by atoms with Gasteiger partial charge < -0.3 is 11.1 Å². The monoisotopic (exact) mass is 345 g/mol. The summed E-state index contributed by atoms with van der Waals surface area (Å²) in [4.78, 5) is 6.09. The molecule has 2 aromatic rings. The quantitative estimate of drug-likeness (QED) is 0.849. The second kappa shape index (κ2) is 6.81. The number of aromatic nitrogens is 1. The lowest BCUT2D eigenvalue weighted by atomic mass is 9.96. The summed E-state index contributed by atoms with van der Waals surface area (Å²) < 4.78 is 13.8. The molecule has 1 saturated carbocycles. The Bertz CT molecular complexity index is 721. The van der Waals surface area contributed by atoms with Crippen molar-refractivity contribution in [3.05, 3.63) is 34.5 Å².